The summed E-state index contributed by atoms with van der Waals surface area (Å²) in [7, 11) is -2.23. The fraction of sp³-hybridized carbons (Fsp3) is 0.400. The fourth-order valence-electron chi connectivity index (χ4n) is 3.58. The van der Waals surface area contributed by atoms with Gasteiger partial charge in [-0.2, -0.15) is 13.2 Å². The Kier molecular flexibility index (Phi) is 5.97. The number of esters is 1. The Morgan fingerprint density at radius 1 is 1.14 bits per heavy atom. The van der Waals surface area contributed by atoms with Crippen molar-refractivity contribution in [1.82, 2.24) is 4.98 Å². The number of pyridine rings is 1. The van der Waals surface area contributed by atoms with Crippen molar-refractivity contribution in [3.63, 3.8) is 0 Å². The average Bonchev–Trinajstić information content (AvgIpc) is 3.14. The molecule has 5 nitrogen and oxygen atoms in total. The van der Waals surface area contributed by atoms with Crippen LogP contribution in [-0.2, 0) is 25.5 Å². The molecule has 1 fully saturated rings. The molecule has 0 radical (unpaired) electrons. The van der Waals surface area contributed by atoms with Gasteiger partial charge in [-0.3, -0.25) is 9.78 Å². The number of methoxy groups -OCH3 is 1. The molecule has 156 valence electrons. The summed E-state index contributed by atoms with van der Waals surface area (Å²) in [5.41, 5.74) is -0.00905. The van der Waals surface area contributed by atoms with E-state index in [0.717, 1.165) is 12.3 Å². The highest BCUT2D eigenvalue weighted by Crippen LogP contribution is 2.34. The molecule has 2 atom stereocenters. The summed E-state index contributed by atoms with van der Waals surface area (Å²) in [5.74, 6) is -0.731. The molecule has 0 saturated heterocycles. The van der Waals surface area contributed by atoms with Crippen molar-refractivity contribution in [2.75, 3.05) is 12.9 Å². The number of halogens is 3. The Morgan fingerprint density at radius 3 is 2.38 bits per heavy atom. The van der Waals surface area contributed by atoms with Crippen molar-refractivity contribution in [2.24, 2.45) is 11.8 Å². The van der Waals surface area contributed by atoms with Crippen LogP contribution in [-0.4, -0.2) is 32.2 Å². The number of carbonyl (C=O) groups excluding carboxylic acids is 1. The number of nitrogens with zero attached hydrogens (tertiary/aromatic N) is 1. The van der Waals surface area contributed by atoms with Crippen LogP contribution in [0.25, 0.3) is 11.3 Å². The Bertz CT molecular complexity index is 970. The van der Waals surface area contributed by atoms with Gasteiger partial charge in [-0.1, -0.05) is 12.1 Å². The molecule has 1 aliphatic carbocycles. The lowest BCUT2D eigenvalue weighted by Crippen LogP contribution is -2.17. The van der Waals surface area contributed by atoms with E-state index < -0.39 is 21.6 Å². The first kappa shape index (κ1) is 21.3. The molecule has 0 spiro atoms. The number of benzene rings is 1. The normalized spacial score (nSPS) is 19.9. The van der Waals surface area contributed by atoms with Crippen LogP contribution in [0.3, 0.4) is 0 Å². The fourth-order valence-corrected chi connectivity index (χ4v) is 5.25. The first-order valence-corrected chi connectivity index (χ1v) is 10.7. The lowest BCUT2D eigenvalue weighted by molar-refractivity contribution is -0.145. The van der Waals surface area contributed by atoms with Crippen LogP contribution >= 0.6 is 0 Å². The zero-order valence-electron chi connectivity index (χ0n) is 15.6. The van der Waals surface area contributed by atoms with Gasteiger partial charge < -0.3 is 4.74 Å². The van der Waals surface area contributed by atoms with Crippen molar-refractivity contribution < 1.29 is 31.1 Å². The highest BCUT2D eigenvalue weighted by atomic mass is 32.2. The van der Waals surface area contributed by atoms with Crippen LogP contribution in [0.2, 0.25) is 0 Å². The zero-order chi connectivity index (χ0) is 21.2. The number of rotatable bonds is 5. The Morgan fingerprint density at radius 2 is 1.83 bits per heavy atom. The second-order valence-electron chi connectivity index (χ2n) is 7.13. The summed E-state index contributed by atoms with van der Waals surface area (Å²) in [6, 6.07) is 8.08. The van der Waals surface area contributed by atoms with Crippen molar-refractivity contribution >= 4 is 15.8 Å². The summed E-state index contributed by atoms with van der Waals surface area (Å²) in [5, 5.41) is 0. The first-order valence-electron chi connectivity index (χ1n) is 9.04. The van der Waals surface area contributed by atoms with Gasteiger partial charge >= 0.3 is 12.1 Å². The molecule has 0 N–H and O–H groups in total. The standard InChI is InChI=1S/C20H20F3NO4S/c1-28-19(25)15-3-2-13(10-15)12-29(26,27)17-7-4-14(5-8-17)18-9-6-16(11-24-18)20(21,22)23/h4-9,11,13,15H,2-3,10,12H2,1H3/t13-,15+/m0/s1. The van der Waals surface area contributed by atoms with E-state index in [2.05, 4.69) is 4.98 Å². The summed E-state index contributed by atoms with van der Waals surface area (Å²) >= 11 is 0. The van der Waals surface area contributed by atoms with Gasteiger partial charge in [-0.15, -0.1) is 0 Å². The summed E-state index contributed by atoms with van der Waals surface area (Å²) < 4.78 is 68.0. The molecular formula is C20H20F3NO4S. The Labute approximate surface area is 166 Å². The van der Waals surface area contributed by atoms with Gasteiger partial charge in [-0.05, 0) is 49.4 Å². The molecule has 1 aliphatic rings. The largest absolute Gasteiger partial charge is 0.469 e. The second kappa shape index (κ2) is 8.14. The third-order valence-corrected chi connectivity index (χ3v) is 7.03. The summed E-state index contributed by atoms with van der Waals surface area (Å²) in [4.78, 5) is 15.5. The van der Waals surface area contributed by atoms with Crippen molar-refractivity contribution in [3.05, 3.63) is 48.2 Å². The van der Waals surface area contributed by atoms with Gasteiger partial charge in [0.1, 0.15) is 0 Å². The molecule has 1 aromatic carbocycles. The molecule has 0 bridgehead atoms. The van der Waals surface area contributed by atoms with E-state index >= 15 is 0 Å². The SMILES string of the molecule is COC(=O)[C@@H]1CC[C@H](CS(=O)(=O)c2ccc(-c3ccc(C(F)(F)F)cn3)cc2)C1. The van der Waals surface area contributed by atoms with Crippen LogP contribution in [0.15, 0.2) is 47.5 Å². The van der Waals surface area contributed by atoms with Crippen molar-refractivity contribution in [1.29, 1.82) is 0 Å². The Hall–Kier alpha value is -2.42. The van der Waals surface area contributed by atoms with E-state index in [0.29, 0.717) is 30.5 Å². The topological polar surface area (TPSA) is 73.3 Å². The quantitative estimate of drug-likeness (QED) is 0.671. The molecule has 2 aromatic rings. The minimum absolute atomic E-state index is 0.0572. The smallest absolute Gasteiger partial charge is 0.417 e. The van der Waals surface area contributed by atoms with Crippen LogP contribution in [0.1, 0.15) is 24.8 Å². The number of alkyl halides is 3. The predicted octanol–water partition coefficient (Wildman–Crippen LogP) is 4.13. The number of carbonyl (C=O) groups is 1. The van der Waals surface area contributed by atoms with Crippen LogP contribution < -0.4 is 0 Å². The first-order chi connectivity index (χ1) is 13.6. The maximum atomic E-state index is 12.7. The molecule has 1 heterocycles. The number of hydrogen-bond acceptors (Lipinski definition) is 5. The summed E-state index contributed by atoms with van der Waals surface area (Å²) in [6.07, 6.45) is -1.97. The lowest BCUT2D eigenvalue weighted by Gasteiger charge is -2.12. The molecule has 3 rings (SSSR count). The van der Waals surface area contributed by atoms with Gasteiger partial charge in [0.05, 0.1) is 34.9 Å². The van der Waals surface area contributed by atoms with E-state index in [-0.39, 0.29) is 28.5 Å². The highest BCUT2D eigenvalue weighted by Gasteiger charge is 2.34. The van der Waals surface area contributed by atoms with E-state index in [4.69, 9.17) is 4.74 Å². The van der Waals surface area contributed by atoms with Gasteiger partial charge in [0, 0.05) is 11.8 Å². The number of ether oxygens (including phenoxy) is 1. The Balaban J connectivity index is 1.70. The van der Waals surface area contributed by atoms with Gasteiger partial charge in [0.15, 0.2) is 9.84 Å². The molecule has 0 unspecified atom stereocenters. The van der Waals surface area contributed by atoms with Crippen LogP contribution in [0, 0.1) is 11.8 Å². The van der Waals surface area contributed by atoms with Gasteiger partial charge in [0.2, 0.25) is 0 Å². The molecule has 1 saturated carbocycles. The molecule has 0 amide bonds. The minimum atomic E-state index is -4.46. The van der Waals surface area contributed by atoms with Crippen molar-refractivity contribution in [2.45, 2.75) is 30.3 Å². The maximum Gasteiger partial charge on any atom is 0.417 e. The zero-order valence-corrected chi connectivity index (χ0v) is 16.5. The maximum absolute atomic E-state index is 12.7. The lowest BCUT2D eigenvalue weighted by atomic mass is 10.1. The van der Waals surface area contributed by atoms with Crippen LogP contribution in [0.5, 0.6) is 0 Å². The van der Waals surface area contributed by atoms with E-state index in [1.807, 2.05) is 0 Å². The van der Waals surface area contributed by atoms with Crippen LogP contribution in [0.4, 0.5) is 13.2 Å². The number of aromatic nitrogens is 1. The summed E-state index contributed by atoms with van der Waals surface area (Å²) in [6.45, 7) is 0. The highest BCUT2D eigenvalue weighted by molar-refractivity contribution is 7.91. The van der Waals surface area contributed by atoms with E-state index in [9.17, 15) is 26.4 Å². The monoisotopic (exact) mass is 427 g/mol. The molecule has 1 aromatic heterocycles. The van der Waals surface area contributed by atoms with Gasteiger partial charge in [-0.25, -0.2) is 8.42 Å². The molecular weight excluding hydrogens is 407 g/mol. The van der Waals surface area contributed by atoms with Crippen molar-refractivity contribution in [3.8, 4) is 11.3 Å². The third kappa shape index (κ3) is 4.95. The second-order valence-corrected chi connectivity index (χ2v) is 9.17. The van der Waals surface area contributed by atoms with E-state index in [1.54, 1.807) is 0 Å². The third-order valence-electron chi connectivity index (χ3n) is 5.13. The average molecular weight is 427 g/mol. The molecule has 9 heteroatoms. The molecule has 29 heavy (non-hydrogen) atoms. The predicted molar refractivity (Wildman–Crippen MR) is 99.6 cm³/mol. The van der Waals surface area contributed by atoms with Gasteiger partial charge in [0.25, 0.3) is 0 Å². The van der Waals surface area contributed by atoms with E-state index in [1.165, 1.54) is 37.4 Å². The number of hydrogen-bond donors (Lipinski definition) is 0. The minimum Gasteiger partial charge on any atom is -0.469 e. The molecule has 0 aliphatic heterocycles. The number of sulfone groups is 1.